The molecule has 2 N–H and O–H groups in total. The molecule has 1 heterocycles. The van der Waals surface area contributed by atoms with Crippen LogP contribution in [-0.4, -0.2) is 17.4 Å². The molecule has 3 rings (SSSR count). The molecule has 0 saturated carbocycles. The lowest BCUT2D eigenvalue weighted by Gasteiger charge is -2.13. The zero-order chi connectivity index (χ0) is 16.8. The van der Waals surface area contributed by atoms with Crippen molar-refractivity contribution in [3.63, 3.8) is 0 Å². The number of allylic oxidation sites excluding steroid dienone is 1. The Kier molecular flexibility index (Phi) is 5.26. The van der Waals surface area contributed by atoms with E-state index in [-0.39, 0.29) is 17.0 Å². The van der Waals surface area contributed by atoms with Crippen molar-refractivity contribution in [1.29, 1.82) is 0 Å². The van der Waals surface area contributed by atoms with Gasteiger partial charge in [0.05, 0.1) is 0 Å². The van der Waals surface area contributed by atoms with Crippen LogP contribution in [0.25, 0.3) is 11.1 Å². The first-order valence-electron chi connectivity index (χ1n) is 8.49. The van der Waals surface area contributed by atoms with Crippen molar-refractivity contribution in [3.8, 4) is 11.1 Å². The molecule has 4 nitrogen and oxygen atoms in total. The highest BCUT2D eigenvalue weighted by Crippen LogP contribution is 2.21. The van der Waals surface area contributed by atoms with Gasteiger partial charge in [0.25, 0.3) is 11.5 Å². The summed E-state index contributed by atoms with van der Waals surface area (Å²) in [7, 11) is 0. The molecule has 0 saturated heterocycles. The van der Waals surface area contributed by atoms with Crippen molar-refractivity contribution in [3.05, 3.63) is 70.2 Å². The number of carbonyl (C=O) groups excluding carboxylic acids is 1. The zero-order valence-corrected chi connectivity index (χ0v) is 13.7. The molecular formula is C20H22N2O2. The Morgan fingerprint density at radius 2 is 1.96 bits per heavy atom. The molecule has 0 spiro atoms. The van der Waals surface area contributed by atoms with Gasteiger partial charge in [-0.2, -0.15) is 0 Å². The van der Waals surface area contributed by atoms with Crippen molar-refractivity contribution in [2.45, 2.75) is 32.1 Å². The van der Waals surface area contributed by atoms with E-state index >= 15 is 0 Å². The molecule has 0 atom stereocenters. The van der Waals surface area contributed by atoms with Gasteiger partial charge in [-0.05, 0) is 43.7 Å². The number of H-pyrrole nitrogens is 1. The van der Waals surface area contributed by atoms with Gasteiger partial charge in [0.15, 0.2) is 0 Å². The minimum atomic E-state index is -0.356. The molecule has 0 aliphatic heterocycles. The summed E-state index contributed by atoms with van der Waals surface area (Å²) >= 11 is 0. The second-order valence-electron chi connectivity index (χ2n) is 6.08. The lowest BCUT2D eigenvalue weighted by molar-refractivity contribution is 0.0953. The van der Waals surface area contributed by atoms with Gasteiger partial charge in [0.2, 0.25) is 0 Å². The van der Waals surface area contributed by atoms with Crippen molar-refractivity contribution in [2.24, 2.45) is 0 Å². The highest BCUT2D eigenvalue weighted by molar-refractivity contribution is 6.00. The number of nitrogens with one attached hydrogen (secondary N) is 2. The van der Waals surface area contributed by atoms with Crippen LogP contribution in [0.1, 0.15) is 42.5 Å². The van der Waals surface area contributed by atoms with E-state index in [1.54, 1.807) is 12.3 Å². The first-order valence-corrected chi connectivity index (χ1v) is 8.49. The van der Waals surface area contributed by atoms with Crippen LogP contribution in [0.5, 0.6) is 0 Å². The molecule has 0 bridgehead atoms. The molecular weight excluding hydrogens is 300 g/mol. The normalized spacial score (nSPS) is 14.1. The Hall–Kier alpha value is -2.62. The highest BCUT2D eigenvalue weighted by Gasteiger charge is 2.16. The van der Waals surface area contributed by atoms with E-state index in [1.807, 2.05) is 30.3 Å². The maximum atomic E-state index is 12.6. The molecule has 24 heavy (non-hydrogen) atoms. The highest BCUT2D eigenvalue weighted by atomic mass is 16.2. The average Bonchev–Trinajstić information content (AvgIpc) is 2.63. The number of aromatic amines is 1. The molecule has 0 unspecified atom stereocenters. The molecule has 1 aromatic carbocycles. The summed E-state index contributed by atoms with van der Waals surface area (Å²) in [5.74, 6) is -0.313. The minimum absolute atomic E-state index is 0.182. The van der Waals surface area contributed by atoms with Gasteiger partial charge in [-0.3, -0.25) is 9.59 Å². The fraction of sp³-hybridized carbons (Fsp3) is 0.300. The monoisotopic (exact) mass is 322 g/mol. The van der Waals surface area contributed by atoms with E-state index < -0.39 is 0 Å². The number of carbonyl (C=O) groups is 1. The molecule has 2 aromatic rings. The maximum absolute atomic E-state index is 12.6. The predicted octanol–water partition coefficient (Wildman–Crippen LogP) is 3.66. The number of benzene rings is 1. The third kappa shape index (κ3) is 3.82. The Morgan fingerprint density at radius 1 is 1.12 bits per heavy atom. The Bertz CT molecular complexity index is 791. The number of hydrogen-bond donors (Lipinski definition) is 2. The van der Waals surface area contributed by atoms with E-state index in [0.29, 0.717) is 12.1 Å². The van der Waals surface area contributed by atoms with Crippen LogP contribution < -0.4 is 10.9 Å². The summed E-state index contributed by atoms with van der Waals surface area (Å²) in [6.45, 7) is 0.563. The fourth-order valence-electron chi connectivity index (χ4n) is 3.12. The van der Waals surface area contributed by atoms with Crippen LogP contribution in [0.3, 0.4) is 0 Å². The zero-order valence-electron chi connectivity index (χ0n) is 13.7. The summed E-state index contributed by atoms with van der Waals surface area (Å²) < 4.78 is 0. The number of aromatic nitrogens is 1. The number of rotatable bonds is 5. The van der Waals surface area contributed by atoms with Gasteiger partial charge < -0.3 is 10.3 Å². The smallest absolute Gasteiger partial charge is 0.261 e. The summed E-state index contributed by atoms with van der Waals surface area (Å²) in [5.41, 5.74) is 2.76. The molecule has 4 heteroatoms. The fourth-order valence-corrected chi connectivity index (χ4v) is 3.12. The second kappa shape index (κ2) is 7.77. The topological polar surface area (TPSA) is 62.0 Å². The van der Waals surface area contributed by atoms with Gasteiger partial charge in [-0.1, -0.05) is 42.0 Å². The summed E-state index contributed by atoms with van der Waals surface area (Å²) in [6, 6.07) is 11.3. The Morgan fingerprint density at radius 3 is 2.71 bits per heavy atom. The Balaban J connectivity index is 1.75. The third-order valence-corrected chi connectivity index (χ3v) is 4.39. The molecule has 0 fully saturated rings. The van der Waals surface area contributed by atoms with E-state index in [1.165, 1.54) is 18.4 Å². The maximum Gasteiger partial charge on any atom is 0.261 e. The molecule has 1 aliphatic carbocycles. The molecule has 1 amide bonds. The van der Waals surface area contributed by atoms with Gasteiger partial charge in [-0.15, -0.1) is 0 Å². The summed E-state index contributed by atoms with van der Waals surface area (Å²) in [5, 5.41) is 2.90. The van der Waals surface area contributed by atoms with E-state index in [9.17, 15) is 9.59 Å². The lowest BCUT2D eigenvalue weighted by Crippen LogP contribution is -2.31. The minimum Gasteiger partial charge on any atom is -0.352 e. The largest absolute Gasteiger partial charge is 0.352 e. The lowest BCUT2D eigenvalue weighted by atomic mass is 9.97. The number of amides is 1. The molecule has 124 valence electrons. The molecule has 1 aliphatic rings. The van der Waals surface area contributed by atoms with Crippen molar-refractivity contribution < 1.29 is 4.79 Å². The Labute approximate surface area is 141 Å². The van der Waals surface area contributed by atoms with Crippen LogP contribution in [-0.2, 0) is 0 Å². The third-order valence-electron chi connectivity index (χ3n) is 4.39. The van der Waals surface area contributed by atoms with E-state index in [2.05, 4.69) is 16.4 Å². The predicted molar refractivity (Wildman–Crippen MR) is 96.0 cm³/mol. The van der Waals surface area contributed by atoms with Crippen molar-refractivity contribution >= 4 is 5.91 Å². The number of pyridine rings is 1. The van der Waals surface area contributed by atoms with Crippen molar-refractivity contribution in [2.75, 3.05) is 6.54 Å². The van der Waals surface area contributed by atoms with E-state index in [0.717, 1.165) is 24.8 Å². The van der Waals surface area contributed by atoms with Gasteiger partial charge in [-0.25, -0.2) is 0 Å². The van der Waals surface area contributed by atoms with Gasteiger partial charge in [0.1, 0.15) is 5.56 Å². The second-order valence-corrected chi connectivity index (χ2v) is 6.08. The standard InChI is InChI=1S/C20H22N2O2/c23-19(21-13-11-15-7-3-1-4-8-15)18-17(12-14-22-20(18)24)16-9-5-2-6-10-16/h2,5-7,9-10,12,14H,1,3-4,8,11,13H2,(H,21,23)(H,22,24). The summed E-state index contributed by atoms with van der Waals surface area (Å²) in [6.07, 6.45) is 9.47. The van der Waals surface area contributed by atoms with Crippen LogP contribution in [0.2, 0.25) is 0 Å². The quantitative estimate of drug-likeness (QED) is 0.825. The van der Waals surface area contributed by atoms with Gasteiger partial charge in [0, 0.05) is 18.3 Å². The first-order chi connectivity index (χ1) is 11.8. The van der Waals surface area contributed by atoms with Crippen molar-refractivity contribution in [1.82, 2.24) is 10.3 Å². The van der Waals surface area contributed by atoms with Crippen LogP contribution in [0.4, 0.5) is 0 Å². The molecule has 0 radical (unpaired) electrons. The molecule has 1 aromatic heterocycles. The number of hydrogen-bond acceptors (Lipinski definition) is 2. The van der Waals surface area contributed by atoms with Crippen LogP contribution >= 0.6 is 0 Å². The van der Waals surface area contributed by atoms with Gasteiger partial charge >= 0.3 is 0 Å². The van der Waals surface area contributed by atoms with Crippen LogP contribution in [0.15, 0.2) is 59.0 Å². The van der Waals surface area contributed by atoms with Crippen LogP contribution in [0, 0.1) is 0 Å². The average molecular weight is 322 g/mol. The first kappa shape index (κ1) is 16.2. The SMILES string of the molecule is O=C(NCCC1=CCCCC1)c1c(-c2ccccc2)cc[nH]c1=O. The van der Waals surface area contributed by atoms with E-state index in [4.69, 9.17) is 0 Å². The summed E-state index contributed by atoms with van der Waals surface area (Å²) in [4.78, 5) is 27.3.